The van der Waals surface area contributed by atoms with Crippen molar-refractivity contribution in [1.82, 2.24) is 9.21 Å². The summed E-state index contributed by atoms with van der Waals surface area (Å²) in [7, 11) is -3.57. The molecule has 3 heterocycles. The Balaban J connectivity index is 1.17. The Hall–Kier alpha value is -2.58. The normalized spacial score (nSPS) is 19.9. The molecule has 0 aliphatic carbocycles. The lowest BCUT2D eigenvalue weighted by atomic mass is 10.0. The molecule has 2 saturated heterocycles. The maximum absolute atomic E-state index is 12.9. The number of sulfonamides is 1. The number of fused-ring (bicyclic) bond motifs is 1. The van der Waals surface area contributed by atoms with Crippen molar-refractivity contribution in [2.75, 3.05) is 50.8 Å². The molecule has 0 spiro atoms. The molecule has 0 unspecified atom stereocenters. The zero-order chi connectivity index (χ0) is 20.7. The average Bonchev–Trinajstić information content (AvgIpc) is 3.21. The van der Waals surface area contributed by atoms with E-state index in [4.69, 9.17) is 4.74 Å². The van der Waals surface area contributed by atoms with Crippen molar-refractivity contribution in [1.29, 1.82) is 0 Å². The van der Waals surface area contributed by atoms with Crippen LogP contribution in [-0.4, -0.2) is 69.4 Å². The maximum atomic E-state index is 12.9. The van der Waals surface area contributed by atoms with Crippen LogP contribution in [0.1, 0.15) is 5.56 Å². The Morgan fingerprint density at radius 2 is 1.70 bits per heavy atom. The molecule has 0 N–H and O–H groups in total. The molecule has 1 amide bonds. The van der Waals surface area contributed by atoms with Gasteiger partial charge < -0.3 is 14.5 Å². The van der Waals surface area contributed by atoms with E-state index in [-0.39, 0.29) is 29.8 Å². The van der Waals surface area contributed by atoms with E-state index in [1.165, 1.54) is 9.99 Å². The van der Waals surface area contributed by atoms with E-state index in [0.717, 1.165) is 30.8 Å². The lowest BCUT2D eigenvalue weighted by molar-refractivity contribution is -0.139. The highest BCUT2D eigenvalue weighted by molar-refractivity contribution is 7.89. The summed E-state index contributed by atoms with van der Waals surface area (Å²) in [4.78, 5) is 17.3. The first kappa shape index (κ1) is 19.4. The van der Waals surface area contributed by atoms with E-state index in [2.05, 4.69) is 17.0 Å². The van der Waals surface area contributed by atoms with Gasteiger partial charge in [0.2, 0.25) is 15.9 Å². The van der Waals surface area contributed by atoms with Gasteiger partial charge in [-0.2, -0.15) is 4.31 Å². The Morgan fingerprint density at radius 1 is 0.967 bits per heavy atom. The molecule has 0 saturated carbocycles. The highest BCUT2D eigenvalue weighted by Gasteiger charge is 2.42. The Morgan fingerprint density at radius 3 is 2.43 bits per heavy atom. The van der Waals surface area contributed by atoms with Crippen LogP contribution in [0, 0.1) is 5.92 Å². The van der Waals surface area contributed by atoms with E-state index in [0.29, 0.717) is 19.7 Å². The highest BCUT2D eigenvalue weighted by Crippen LogP contribution is 2.32. The Kier molecular flexibility index (Phi) is 4.91. The minimum absolute atomic E-state index is 0.0662. The lowest BCUT2D eigenvalue weighted by Crippen LogP contribution is -2.59. The van der Waals surface area contributed by atoms with Crippen molar-refractivity contribution in [3.05, 3.63) is 54.1 Å². The zero-order valence-corrected chi connectivity index (χ0v) is 17.6. The fourth-order valence-corrected chi connectivity index (χ4v) is 5.93. The van der Waals surface area contributed by atoms with Crippen molar-refractivity contribution in [3.8, 4) is 5.75 Å². The molecule has 0 radical (unpaired) electrons. The second-order valence-electron chi connectivity index (χ2n) is 8.03. The largest absolute Gasteiger partial charge is 0.493 e. The predicted molar refractivity (Wildman–Crippen MR) is 113 cm³/mol. The van der Waals surface area contributed by atoms with Gasteiger partial charge in [0.25, 0.3) is 0 Å². The van der Waals surface area contributed by atoms with Crippen LogP contribution < -0.4 is 9.64 Å². The summed E-state index contributed by atoms with van der Waals surface area (Å²) in [5.41, 5.74) is 2.10. The van der Waals surface area contributed by atoms with E-state index < -0.39 is 10.0 Å². The van der Waals surface area contributed by atoms with Crippen molar-refractivity contribution < 1.29 is 17.9 Å². The molecule has 3 aliphatic heterocycles. The minimum Gasteiger partial charge on any atom is -0.493 e. The fraction of sp³-hybridized carbons (Fsp3) is 0.409. The van der Waals surface area contributed by atoms with Crippen LogP contribution in [0.15, 0.2) is 53.4 Å². The second kappa shape index (κ2) is 7.59. The third-order valence-electron chi connectivity index (χ3n) is 6.21. The smallest absolute Gasteiger partial charge is 0.243 e. The number of nitrogens with zero attached hydrogens (tertiary/aromatic N) is 3. The van der Waals surface area contributed by atoms with Gasteiger partial charge in [-0.1, -0.05) is 18.2 Å². The van der Waals surface area contributed by atoms with Crippen LogP contribution >= 0.6 is 0 Å². The van der Waals surface area contributed by atoms with Gasteiger partial charge in [-0.3, -0.25) is 4.79 Å². The molecule has 0 atom stereocenters. The topological polar surface area (TPSA) is 70.2 Å². The van der Waals surface area contributed by atoms with Crippen LogP contribution in [0.25, 0.3) is 0 Å². The summed E-state index contributed by atoms with van der Waals surface area (Å²) >= 11 is 0. The quantitative estimate of drug-likeness (QED) is 0.741. The fourth-order valence-electron chi connectivity index (χ4n) is 4.35. The molecule has 5 rings (SSSR count). The van der Waals surface area contributed by atoms with Crippen LogP contribution in [0.3, 0.4) is 0 Å². The standard InChI is InChI=1S/C22H25N3O4S/c26-22(24-11-9-23(10-12-24)19-4-2-1-3-5-19)18-15-25(16-18)30(27,28)20-6-7-21-17(14-20)8-13-29-21/h1-7,14,18H,8-13,15-16H2. The predicted octanol–water partition coefficient (Wildman–Crippen LogP) is 1.59. The first-order valence-corrected chi connectivity index (χ1v) is 11.8. The van der Waals surface area contributed by atoms with Gasteiger partial charge in [-0.05, 0) is 35.9 Å². The van der Waals surface area contributed by atoms with Crippen molar-refractivity contribution >= 4 is 21.6 Å². The lowest BCUT2D eigenvalue weighted by Gasteiger charge is -2.42. The van der Waals surface area contributed by atoms with Gasteiger partial charge in [0, 0.05) is 51.4 Å². The molecule has 8 heteroatoms. The number of benzene rings is 2. The van der Waals surface area contributed by atoms with Gasteiger partial charge in [-0.15, -0.1) is 0 Å². The summed E-state index contributed by atoms with van der Waals surface area (Å²) in [5, 5.41) is 0. The maximum Gasteiger partial charge on any atom is 0.243 e. The molecule has 2 aromatic rings. The van der Waals surface area contributed by atoms with Crippen molar-refractivity contribution in [3.63, 3.8) is 0 Å². The van der Waals surface area contributed by atoms with Gasteiger partial charge >= 0.3 is 0 Å². The number of hydrogen-bond acceptors (Lipinski definition) is 5. The Labute approximate surface area is 176 Å². The number of rotatable bonds is 4. The van der Waals surface area contributed by atoms with E-state index >= 15 is 0 Å². The van der Waals surface area contributed by atoms with Crippen LogP contribution in [-0.2, 0) is 21.2 Å². The number of carbonyl (C=O) groups is 1. The summed E-state index contributed by atoms with van der Waals surface area (Å²) in [6.45, 7) is 4.03. The van der Waals surface area contributed by atoms with Crippen molar-refractivity contribution in [2.45, 2.75) is 11.3 Å². The third kappa shape index (κ3) is 3.44. The SMILES string of the molecule is O=C(C1CN(S(=O)(=O)c2ccc3c(c2)CCO3)C1)N1CCN(c2ccccc2)CC1. The third-order valence-corrected chi connectivity index (χ3v) is 8.04. The summed E-state index contributed by atoms with van der Waals surface area (Å²) in [6, 6.07) is 15.2. The van der Waals surface area contributed by atoms with Gasteiger partial charge in [-0.25, -0.2) is 8.42 Å². The molecule has 3 aliphatic rings. The van der Waals surface area contributed by atoms with Gasteiger partial charge in [0.05, 0.1) is 17.4 Å². The van der Waals surface area contributed by atoms with E-state index in [1.807, 2.05) is 23.1 Å². The molecule has 30 heavy (non-hydrogen) atoms. The van der Waals surface area contributed by atoms with E-state index in [1.54, 1.807) is 18.2 Å². The molecule has 0 bridgehead atoms. The molecular formula is C22H25N3O4S. The monoisotopic (exact) mass is 427 g/mol. The molecule has 2 fully saturated rings. The average molecular weight is 428 g/mol. The number of amides is 1. The van der Waals surface area contributed by atoms with E-state index in [9.17, 15) is 13.2 Å². The molecule has 158 valence electrons. The summed E-state index contributed by atoms with van der Waals surface area (Å²) in [6.07, 6.45) is 0.731. The summed E-state index contributed by atoms with van der Waals surface area (Å²) in [5.74, 6) is 0.581. The number of anilines is 1. The second-order valence-corrected chi connectivity index (χ2v) is 9.97. The number of piperazine rings is 1. The number of ether oxygens (including phenoxy) is 1. The van der Waals surface area contributed by atoms with Gasteiger partial charge in [0.1, 0.15) is 5.75 Å². The number of hydrogen-bond donors (Lipinski definition) is 0. The number of para-hydroxylation sites is 1. The zero-order valence-electron chi connectivity index (χ0n) is 16.7. The highest BCUT2D eigenvalue weighted by atomic mass is 32.2. The van der Waals surface area contributed by atoms with Crippen LogP contribution in [0.5, 0.6) is 5.75 Å². The minimum atomic E-state index is -3.57. The first-order chi connectivity index (χ1) is 14.5. The van der Waals surface area contributed by atoms with Gasteiger partial charge in [0.15, 0.2) is 0 Å². The molecule has 7 nitrogen and oxygen atoms in total. The Bertz CT molecular complexity index is 1040. The van der Waals surface area contributed by atoms with Crippen molar-refractivity contribution in [2.24, 2.45) is 5.92 Å². The molecule has 2 aromatic carbocycles. The summed E-state index contributed by atoms with van der Waals surface area (Å²) < 4.78 is 32.7. The van der Waals surface area contributed by atoms with Crippen LogP contribution in [0.4, 0.5) is 5.69 Å². The first-order valence-electron chi connectivity index (χ1n) is 10.4. The molecular weight excluding hydrogens is 402 g/mol. The number of carbonyl (C=O) groups excluding carboxylic acids is 1. The van der Waals surface area contributed by atoms with Crippen LogP contribution in [0.2, 0.25) is 0 Å². The molecule has 0 aromatic heterocycles.